The minimum atomic E-state index is -3.97. The fraction of sp³-hybridized carbons (Fsp3) is 0.167. The molecule has 0 amide bonds. The van der Waals surface area contributed by atoms with Crippen molar-refractivity contribution in [2.24, 2.45) is 5.73 Å². The van der Waals surface area contributed by atoms with Crippen LogP contribution in [0.1, 0.15) is 17.0 Å². The standard InChI is InChI=1S/C12H14FN5O2S/c1-6-11(7(2)17-16-6)21(19,20)18-9-5-3-4-8(13)10(9)12(14)15/h3-5,18H,1-2H3,(H3,14,15)(H,16,17). The van der Waals surface area contributed by atoms with Gasteiger partial charge in [-0.15, -0.1) is 0 Å². The molecule has 0 saturated heterocycles. The summed E-state index contributed by atoms with van der Waals surface area (Å²) >= 11 is 0. The van der Waals surface area contributed by atoms with Gasteiger partial charge in [-0.2, -0.15) is 5.10 Å². The highest BCUT2D eigenvalue weighted by Gasteiger charge is 2.24. The first-order valence-electron chi connectivity index (χ1n) is 5.91. The predicted octanol–water partition coefficient (Wildman–Crippen LogP) is 1.25. The van der Waals surface area contributed by atoms with Crippen LogP contribution in [0, 0.1) is 25.1 Å². The molecule has 0 unspecified atom stereocenters. The highest BCUT2D eigenvalue weighted by atomic mass is 32.2. The number of H-pyrrole nitrogens is 1. The lowest BCUT2D eigenvalue weighted by Crippen LogP contribution is -2.20. The van der Waals surface area contributed by atoms with Crippen LogP contribution in [0.4, 0.5) is 10.1 Å². The highest BCUT2D eigenvalue weighted by Crippen LogP contribution is 2.24. The van der Waals surface area contributed by atoms with Crippen molar-refractivity contribution >= 4 is 21.5 Å². The van der Waals surface area contributed by atoms with Crippen molar-refractivity contribution in [3.63, 3.8) is 0 Å². The fourth-order valence-electron chi connectivity index (χ4n) is 2.02. The van der Waals surface area contributed by atoms with Crippen molar-refractivity contribution in [3.8, 4) is 0 Å². The quantitative estimate of drug-likeness (QED) is 0.501. The molecule has 0 spiro atoms. The lowest BCUT2D eigenvalue weighted by atomic mass is 10.1. The average Bonchev–Trinajstić information content (AvgIpc) is 2.68. The molecule has 0 saturated carbocycles. The SMILES string of the molecule is Cc1n[nH]c(C)c1S(=O)(=O)Nc1cccc(F)c1C(=N)N. The number of aromatic nitrogens is 2. The second-order valence-electron chi connectivity index (χ2n) is 4.44. The van der Waals surface area contributed by atoms with Gasteiger partial charge in [-0.05, 0) is 26.0 Å². The molecule has 0 aliphatic carbocycles. The third-order valence-electron chi connectivity index (χ3n) is 2.86. The van der Waals surface area contributed by atoms with Gasteiger partial charge in [0.2, 0.25) is 0 Å². The molecule has 9 heteroatoms. The van der Waals surface area contributed by atoms with E-state index in [4.69, 9.17) is 11.1 Å². The summed E-state index contributed by atoms with van der Waals surface area (Å²) in [5.41, 5.74) is 5.57. The number of nitrogens with one attached hydrogen (secondary N) is 3. The van der Waals surface area contributed by atoms with Gasteiger partial charge < -0.3 is 5.73 Å². The molecule has 0 radical (unpaired) electrons. The van der Waals surface area contributed by atoms with E-state index in [-0.39, 0.29) is 16.1 Å². The Labute approximate surface area is 120 Å². The third-order valence-corrected chi connectivity index (χ3v) is 4.48. The summed E-state index contributed by atoms with van der Waals surface area (Å²) in [6.07, 6.45) is 0. The molecule has 21 heavy (non-hydrogen) atoms. The zero-order valence-corrected chi connectivity index (χ0v) is 12.2. The van der Waals surface area contributed by atoms with Crippen molar-refractivity contribution < 1.29 is 12.8 Å². The Balaban J connectivity index is 2.53. The van der Waals surface area contributed by atoms with Crippen molar-refractivity contribution in [1.29, 1.82) is 5.41 Å². The molecule has 0 aliphatic heterocycles. The van der Waals surface area contributed by atoms with Crippen LogP contribution in [0.2, 0.25) is 0 Å². The molecule has 0 atom stereocenters. The summed E-state index contributed by atoms with van der Waals surface area (Å²) in [5.74, 6) is -1.34. The van der Waals surface area contributed by atoms with E-state index in [1.54, 1.807) is 6.92 Å². The number of amidine groups is 1. The molecule has 112 valence electrons. The first-order chi connectivity index (χ1) is 9.74. The number of aryl methyl sites for hydroxylation is 2. The second-order valence-corrected chi connectivity index (χ2v) is 6.06. The lowest BCUT2D eigenvalue weighted by Gasteiger charge is -2.12. The number of nitrogens with two attached hydrogens (primary N) is 1. The van der Waals surface area contributed by atoms with Gasteiger partial charge in [0.25, 0.3) is 10.0 Å². The van der Waals surface area contributed by atoms with E-state index in [0.29, 0.717) is 11.4 Å². The Morgan fingerprint density at radius 3 is 2.62 bits per heavy atom. The molecule has 2 aromatic rings. The van der Waals surface area contributed by atoms with Gasteiger partial charge in [0.05, 0.1) is 22.6 Å². The molecule has 7 nitrogen and oxygen atoms in total. The number of sulfonamides is 1. The van der Waals surface area contributed by atoms with E-state index in [9.17, 15) is 12.8 Å². The summed E-state index contributed by atoms with van der Waals surface area (Å²) in [4.78, 5) is -0.0127. The predicted molar refractivity (Wildman–Crippen MR) is 76.3 cm³/mol. The van der Waals surface area contributed by atoms with E-state index in [1.165, 1.54) is 19.1 Å². The van der Waals surface area contributed by atoms with Crippen LogP contribution in [0.3, 0.4) is 0 Å². The van der Waals surface area contributed by atoms with Crippen molar-refractivity contribution in [2.75, 3.05) is 4.72 Å². The van der Waals surface area contributed by atoms with E-state index >= 15 is 0 Å². The molecule has 2 rings (SSSR count). The van der Waals surface area contributed by atoms with Crippen molar-refractivity contribution in [3.05, 3.63) is 41.0 Å². The summed E-state index contributed by atoms with van der Waals surface area (Å²) in [6.45, 7) is 3.10. The monoisotopic (exact) mass is 311 g/mol. The number of halogens is 1. The maximum atomic E-state index is 13.7. The van der Waals surface area contributed by atoms with E-state index < -0.39 is 21.7 Å². The molecule has 0 bridgehead atoms. The van der Waals surface area contributed by atoms with Gasteiger partial charge in [-0.1, -0.05) is 6.07 Å². The lowest BCUT2D eigenvalue weighted by molar-refractivity contribution is 0.600. The largest absolute Gasteiger partial charge is 0.384 e. The van der Waals surface area contributed by atoms with Gasteiger partial charge in [0.1, 0.15) is 16.5 Å². The van der Waals surface area contributed by atoms with Crippen molar-refractivity contribution in [1.82, 2.24) is 10.2 Å². The number of benzene rings is 1. The molecule has 1 heterocycles. The third kappa shape index (κ3) is 2.72. The number of hydrogen-bond acceptors (Lipinski definition) is 4. The summed E-state index contributed by atoms with van der Waals surface area (Å²) in [5, 5.41) is 13.7. The summed E-state index contributed by atoms with van der Waals surface area (Å²) < 4.78 is 40.7. The van der Waals surface area contributed by atoms with Gasteiger partial charge in [-0.25, -0.2) is 12.8 Å². The zero-order chi connectivity index (χ0) is 15.8. The smallest absolute Gasteiger partial charge is 0.265 e. The summed E-state index contributed by atoms with van der Waals surface area (Å²) in [7, 11) is -3.97. The number of aromatic amines is 1. The van der Waals surface area contributed by atoms with Crippen LogP contribution in [-0.2, 0) is 10.0 Å². The first-order valence-corrected chi connectivity index (χ1v) is 7.39. The maximum Gasteiger partial charge on any atom is 0.265 e. The Kier molecular flexibility index (Phi) is 3.69. The molecule has 1 aromatic carbocycles. The number of rotatable bonds is 4. The van der Waals surface area contributed by atoms with E-state index in [0.717, 1.165) is 6.07 Å². The molecular formula is C12H14FN5O2S. The summed E-state index contributed by atoms with van der Waals surface area (Å²) in [6, 6.07) is 3.76. The Morgan fingerprint density at radius 1 is 1.43 bits per heavy atom. The molecule has 0 fully saturated rings. The van der Waals surface area contributed by atoms with E-state index in [2.05, 4.69) is 14.9 Å². The highest BCUT2D eigenvalue weighted by molar-refractivity contribution is 7.92. The average molecular weight is 311 g/mol. The van der Waals surface area contributed by atoms with Gasteiger partial charge in [0.15, 0.2) is 0 Å². The van der Waals surface area contributed by atoms with Gasteiger partial charge in [0, 0.05) is 0 Å². The number of anilines is 1. The Morgan fingerprint density at radius 2 is 2.10 bits per heavy atom. The van der Waals surface area contributed by atoms with Crippen LogP contribution >= 0.6 is 0 Å². The van der Waals surface area contributed by atoms with Crippen LogP contribution < -0.4 is 10.5 Å². The number of nitrogens with zero attached hydrogens (tertiary/aromatic N) is 1. The van der Waals surface area contributed by atoms with Gasteiger partial charge >= 0.3 is 0 Å². The normalized spacial score (nSPS) is 11.4. The zero-order valence-electron chi connectivity index (χ0n) is 11.4. The second kappa shape index (κ2) is 5.17. The molecule has 1 aromatic heterocycles. The Bertz CT molecular complexity index is 794. The van der Waals surface area contributed by atoms with Gasteiger partial charge in [-0.3, -0.25) is 15.2 Å². The minimum Gasteiger partial charge on any atom is -0.384 e. The molecule has 5 N–H and O–H groups in total. The topological polar surface area (TPSA) is 125 Å². The number of hydrogen-bond donors (Lipinski definition) is 4. The van der Waals surface area contributed by atoms with Crippen molar-refractivity contribution in [2.45, 2.75) is 18.7 Å². The minimum absolute atomic E-state index is 0.0127. The Hall–Kier alpha value is -2.42. The van der Waals surface area contributed by atoms with Crippen LogP contribution in [-0.4, -0.2) is 24.5 Å². The number of nitrogen functional groups attached to an aromatic ring is 1. The molecular weight excluding hydrogens is 297 g/mol. The fourth-order valence-corrected chi connectivity index (χ4v) is 3.46. The first kappa shape index (κ1) is 15.0. The maximum absolute atomic E-state index is 13.7. The van der Waals surface area contributed by atoms with E-state index in [1.807, 2.05) is 0 Å². The van der Waals surface area contributed by atoms with Crippen LogP contribution in [0.5, 0.6) is 0 Å². The molecule has 0 aliphatic rings. The van der Waals surface area contributed by atoms with Crippen LogP contribution in [0.15, 0.2) is 23.1 Å². The van der Waals surface area contributed by atoms with Crippen LogP contribution in [0.25, 0.3) is 0 Å².